The average Bonchev–Trinajstić information content (AvgIpc) is 3.04. The Bertz CT molecular complexity index is 1580. The maximum atomic E-state index is 12.4. The van der Waals surface area contributed by atoms with Gasteiger partial charge in [-0.05, 0) is 37.8 Å². The Balaban J connectivity index is 1.18. The van der Waals surface area contributed by atoms with Gasteiger partial charge in [-0.15, -0.1) is 0 Å². The minimum absolute atomic E-state index is 0.0604. The summed E-state index contributed by atoms with van der Waals surface area (Å²) in [5.74, 6) is -1.95. The molecule has 0 aliphatic carbocycles. The van der Waals surface area contributed by atoms with Gasteiger partial charge in [0.05, 0.1) is 11.4 Å². The maximum Gasteiger partial charge on any atom is 0.280 e. The molecule has 3 aromatic rings. The van der Waals surface area contributed by atoms with E-state index in [1.165, 1.54) is 0 Å². The van der Waals surface area contributed by atoms with Crippen LogP contribution in [0.25, 0.3) is 0 Å². The number of aromatic nitrogens is 4. The molecule has 3 heterocycles. The van der Waals surface area contributed by atoms with E-state index in [0.717, 1.165) is 63.2 Å². The molecule has 2 amide bonds. The maximum absolute atomic E-state index is 12.4. The van der Waals surface area contributed by atoms with Gasteiger partial charge in [-0.25, -0.2) is 19.9 Å². The van der Waals surface area contributed by atoms with Gasteiger partial charge < -0.3 is 44.2 Å². The summed E-state index contributed by atoms with van der Waals surface area (Å²) in [6.07, 6.45) is 3.25. The normalized spacial score (nSPS) is 13.3. The molecule has 20 heteroatoms. The molecule has 4 rings (SSSR count). The number of hydrogen-bond acceptors (Lipinski definition) is 14. The van der Waals surface area contributed by atoms with Gasteiger partial charge in [0.2, 0.25) is 0 Å². The van der Waals surface area contributed by atoms with E-state index in [4.69, 9.17) is 57.6 Å². The van der Waals surface area contributed by atoms with Gasteiger partial charge in [0, 0.05) is 39.3 Å². The number of guanidine groups is 2. The second-order valence-corrected chi connectivity index (χ2v) is 11.3. The molecule has 256 valence electrons. The van der Waals surface area contributed by atoms with E-state index in [1.54, 1.807) is 0 Å². The van der Waals surface area contributed by atoms with E-state index < -0.39 is 11.8 Å². The minimum atomic E-state index is -0.679. The second-order valence-electron chi connectivity index (χ2n) is 10.6. The van der Waals surface area contributed by atoms with Crippen LogP contribution in [-0.4, -0.2) is 82.9 Å². The van der Waals surface area contributed by atoms with Gasteiger partial charge in [0.15, 0.2) is 56.9 Å². The fourth-order valence-electron chi connectivity index (χ4n) is 4.82. The summed E-state index contributed by atoms with van der Waals surface area (Å²) in [4.78, 5) is 53.2. The number of benzene rings is 1. The number of halogens is 2. The summed E-state index contributed by atoms with van der Waals surface area (Å²) in [6.45, 7) is 4.25. The lowest BCUT2D eigenvalue weighted by Crippen LogP contribution is -2.42. The number of fused-ring (bicyclic) bond motifs is 1. The van der Waals surface area contributed by atoms with Crippen molar-refractivity contribution in [2.24, 2.45) is 21.5 Å². The van der Waals surface area contributed by atoms with Crippen molar-refractivity contribution < 1.29 is 9.59 Å². The van der Waals surface area contributed by atoms with E-state index in [-0.39, 0.29) is 56.9 Å². The first-order valence-electron chi connectivity index (χ1n) is 14.9. The zero-order valence-electron chi connectivity index (χ0n) is 26.0. The van der Waals surface area contributed by atoms with E-state index in [0.29, 0.717) is 13.1 Å². The number of nitrogens with one attached hydrogen (secondary N) is 2. The highest BCUT2D eigenvalue weighted by molar-refractivity contribution is 6.32. The highest BCUT2D eigenvalue weighted by Crippen LogP contribution is 2.33. The molecular weight excluding hydrogens is 663 g/mol. The molecule has 0 atom stereocenters. The zero-order chi connectivity index (χ0) is 34.8. The van der Waals surface area contributed by atoms with Crippen LogP contribution in [0, 0.1) is 0 Å². The first-order valence-corrected chi connectivity index (χ1v) is 15.7. The first kappa shape index (κ1) is 35.5. The molecule has 0 unspecified atom stereocenters. The third kappa shape index (κ3) is 9.35. The summed E-state index contributed by atoms with van der Waals surface area (Å²) in [5.41, 5.74) is 36.2. The number of nitrogens with zero attached hydrogens (tertiary/aromatic N) is 8. The van der Waals surface area contributed by atoms with Crippen molar-refractivity contribution in [3.05, 3.63) is 46.0 Å². The molecule has 48 heavy (non-hydrogen) atoms. The first-order chi connectivity index (χ1) is 22.9. The molecule has 0 bridgehead atoms. The molecule has 18 nitrogen and oxygen atoms in total. The van der Waals surface area contributed by atoms with Crippen LogP contribution in [0.15, 0.2) is 34.3 Å². The molecule has 0 fully saturated rings. The van der Waals surface area contributed by atoms with Crippen molar-refractivity contribution in [2.45, 2.75) is 25.7 Å². The summed E-state index contributed by atoms with van der Waals surface area (Å²) >= 11 is 11.7. The fourth-order valence-corrected chi connectivity index (χ4v) is 5.07. The lowest BCUT2D eigenvalue weighted by Gasteiger charge is -2.39. The van der Waals surface area contributed by atoms with Crippen molar-refractivity contribution in [1.82, 2.24) is 30.6 Å². The van der Waals surface area contributed by atoms with Crippen molar-refractivity contribution in [3.63, 3.8) is 0 Å². The van der Waals surface area contributed by atoms with Gasteiger partial charge in [-0.1, -0.05) is 35.3 Å². The van der Waals surface area contributed by atoms with Crippen LogP contribution in [0.2, 0.25) is 10.3 Å². The number of unbranched alkanes of at least 4 members (excludes halogenated alkanes) is 2. The van der Waals surface area contributed by atoms with Gasteiger partial charge in [-0.3, -0.25) is 30.2 Å². The molecule has 1 aromatic carbocycles. The van der Waals surface area contributed by atoms with Gasteiger partial charge in [0.1, 0.15) is 0 Å². The van der Waals surface area contributed by atoms with Gasteiger partial charge >= 0.3 is 0 Å². The van der Waals surface area contributed by atoms with E-state index >= 15 is 0 Å². The standard InChI is InChI=1S/C28H38Cl2N16O2/c29-19-23(33)41-21(31)17(39-19)25(47)43-27(35)37-9-3-5-11-45-13-14-46(16-8-2-1-7-15(16)45)12-6-4-10-38-28(36)44-26(48)18-22(32)42-24(34)20(30)40-18/h1-2,7-8H,3-6,9-14H2,(H4,31,33,41)(H4,32,34,42)(H3,35,37,43,47)(H3,36,38,44,48). The molecule has 0 spiro atoms. The number of hydrogen-bond donors (Lipinski definition) is 8. The average molecular weight is 702 g/mol. The molecule has 0 saturated heterocycles. The number of amides is 2. The van der Waals surface area contributed by atoms with Crippen LogP contribution in [0.3, 0.4) is 0 Å². The molecule has 1 aliphatic rings. The number of anilines is 6. The molecule has 0 saturated carbocycles. The molecule has 14 N–H and O–H groups in total. The smallest absolute Gasteiger partial charge is 0.280 e. The summed E-state index contributed by atoms with van der Waals surface area (Å²) < 4.78 is 0. The molecule has 2 aromatic heterocycles. The SMILES string of the molecule is NC(=NCCCCN1CCN(CCCCN=C(N)NC(=O)c2nc(Cl)c(N)nc2N)c2ccccc21)NC(=O)c1nc(Cl)c(N)nc1N. The highest BCUT2D eigenvalue weighted by Gasteiger charge is 2.22. The predicted molar refractivity (Wildman–Crippen MR) is 189 cm³/mol. The minimum Gasteiger partial charge on any atom is -0.382 e. The summed E-state index contributed by atoms with van der Waals surface area (Å²) in [6, 6.07) is 8.28. The molecule has 1 aliphatic heterocycles. The molecular formula is C28H38Cl2N16O2. The fraction of sp³-hybridized carbons (Fsp3) is 0.357. The number of carbonyl (C=O) groups excluding carboxylic acids is 2. The second kappa shape index (κ2) is 16.5. The van der Waals surface area contributed by atoms with Crippen molar-refractivity contribution in [3.8, 4) is 0 Å². The van der Waals surface area contributed by atoms with E-state index in [1.807, 2.05) is 12.1 Å². The van der Waals surface area contributed by atoms with E-state index in [9.17, 15) is 9.59 Å². The number of nitrogen functional groups attached to an aromatic ring is 4. The lowest BCUT2D eigenvalue weighted by atomic mass is 10.1. The molecule has 0 radical (unpaired) electrons. The number of aliphatic imine (C=N–C) groups is 2. The predicted octanol–water partition coefficient (Wildman–Crippen LogP) is 0.578. The topological polar surface area (TPSA) is 297 Å². The van der Waals surface area contributed by atoms with Crippen LogP contribution in [0.5, 0.6) is 0 Å². The van der Waals surface area contributed by atoms with E-state index in [2.05, 4.69) is 62.5 Å². The zero-order valence-corrected chi connectivity index (χ0v) is 27.5. The number of para-hydroxylation sites is 2. The number of nitrogens with two attached hydrogens (primary N) is 6. The monoisotopic (exact) mass is 700 g/mol. The summed E-state index contributed by atoms with van der Waals surface area (Å²) in [5, 5.41) is 4.61. The third-order valence-corrected chi connectivity index (χ3v) is 7.72. The van der Waals surface area contributed by atoms with Crippen molar-refractivity contribution in [2.75, 3.05) is 72.0 Å². The third-order valence-electron chi connectivity index (χ3n) is 7.16. The van der Waals surface area contributed by atoms with Crippen LogP contribution in [0.4, 0.5) is 34.6 Å². The number of rotatable bonds is 12. The van der Waals surface area contributed by atoms with Crippen LogP contribution in [0.1, 0.15) is 46.7 Å². The Morgan fingerprint density at radius 3 is 1.46 bits per heavy atom. The number of carbonyl (C=O) groups is 2. The Morgan fingerprint density at radius 2 is 1.06 bits per heavy atom. The largest absolute Gasteiger partial charge is 0.382 e. The Kier molecular flexibility index (Phi) is 12.2. The highest BCUT2D eigenvalue weighted by atomic mass is 35.5. The Labute approximate surface area is 286 Å². The van der Waals surface area contributed by atoms with Crippen molar-refractivity contribution in [1.29, 1.82) is 0 Å². The quantitative estimate of drug-likeness (QED) is 0.0728. The van der Waals surface area contributed by atoms with Crippen LogP contribution in [-0.2, 0) is 0 Å². The van der Waals surface area contributed by atoms with Gasteiger partial charge in [0.25, 0.3) is 11.8 Å². The van der Waals surface area contributed by atoms with Crippen LogP contribution >= 0.6 is 23.2 Å². The Hall–Kier alpha value is -5.36. The van der Waals surface area contributed by atoms with Crippen molar-refractivity contribution >= 4 is 81.6 Å². The Morgan fingerprint density at radius 1 is 0.667 bits per heavy atom. The van der Waals surface area contributed by atoms with Crippen LogP contribution < -0.4 is 54.8 Å². The summed E-state index contributed by atoms with van der Waals surface area (Å²) in [7, 11) is 0. The van der Waals surface area contributed by atoms with Gasteiger partial charge in [-0.2, -0.15) is 0 Å². The lowest BCUT2D eigenvalue weighted by molar-refractivity contribution is 0.0964.